The average molecular weight is 245 g/mol. The molecule has 1 aliphatic rings. The fourth-order valence-electron chi connectivity index (χ4n) is 2.14. The number of amides is 1. The molecule has 1 aromatic heterocycles. The van der Waals surface area contributed by atoms with E-state index in [0.717, 1.165) is 25.7 Å². The van der Waals surface area contributed by atoms with Gasteiger partial charge in [0.1, 0.15) is 6.26 Å². The minimum Gasteiger partial charge on any atom is -0.472 e. The Balaban J connectivity index is 0.00000128. The average Bonchev–Trinajstić information content (AvgIpc) is 2.88. The molecule has 1 aliphatic carbocycles. The molecule has 0 radical (unpaired) electrons. The van der Waals surface area contributed by atoms with Gasteiger partial charge in [-0.1, -0.05) is 12.8 Å². The first kappa shape index (κ1) is 13.1. The highest BCUT2D eigenvalue weighted by atomic mass is 35.5. The van der Waals surface area contributed by atoms with E-state index in [9.17, 15) is 4.79 Å². The van der Waals surface area contributed by atoms with E-state index in [1.807, 2.05) is 0 Å². The molecule has 0 aliphatic heterocycles. The van der Waals surface area contributed by atoms with Crippen molar-refractivity contribution in [3.05, 3.63) is 24.2 Å². The highest BCUT2D eigenvalue weighted by molar-refractivity contribution is 5.94. The summed E-state index contributed by atoms with van der Waals surface area (Å²) in [5.41, 5.74) is 6.11. The lowest BCUT2D eigenvalue weighted by Gasteiger charge is -2.28. The zero-order chi connectivity index (χ0) is 10.7. The molecular weight excluding hydrogens is 228 g/mol. The van der Waals surface area contributed by atoms with Gasteiger partial charge in [-0.3, -0.25) is 4.79 Å². The summed E-state index contributed by atoms with van der Waals surface area (Å²) in [6, 6.07) is 1.66. The number of furan rings is 1. The van der Waals surface area contributed by atoms with Crippen LogP contribution in [-0.2, 0) is 0 Å². The second-order valence-electron chi connectivity index (χ2n) is 4.16. The van der Waals surface area contributed by atoms with Crippen molar-refractivity contribution >= 4 is 18.3 Å². The molecule has 90 valence electrons. The third-order valence-corrected chi connectivity index (χ3v) is 3.11. The summed E-state index contributed by atoms with van der Waals surface area (Å²) >= 11 is 0. The Morgan fingerprint density at radius 2 is 2.19 bits per heavy atom. The highest BCUT2D eigenvalue weighted by Gasteiger charge is 2.34. The lowest BCUT2D eigenvalue weighted by atomic mass is 9.97. The first-order valence-corrected chi connectivity index (χ1v) is 5.31. The molecule has 1 fully saturated rings. The van der Waals surface area contributed by atoms with Crippen molar-refractivity contribution in [2.24, 2.45) is 5.73 Å². The molecule has 2 rings (SSSR count). The Hall–Kier alpha value is -1.00. The number of nitrogens with one attached hydrogen (secondary N) is 1. The van der Waals surface area contributed by atoms with Crippen LogP contribution in [0, 0.1) is 0 Å². The maximum atomic E-state index is 11.8. The third-order valence-electron chi connectivity index (χ3n) is 3.11. The number of carbonyl (C=O) groups excluding carboxylic acids is 1. The van der Waals surface area contributed by atoms with Gasteiger partial charge in [0.05, 0.1) is 17.4 Å². The van der Waals surface area contributed by atoms with Crippen LogP contribution in [0.3, 0.4) is 0 Å². The van der Waals surface area contributed by atoms with Crippen LogP contribution in [0.25, 0.3) is 0 Å². The van der Waals surface area contributed by atoms with Crippen molar-refractivity contribution < 1.29 is 9.21 Å². The van der Waals surface area contributed by atoms with Crippen molar-refractivity contribution in [2.45, 2.75) is 31.2 Å². The van der Waals surface area contributed by atoms with Gasteiger partial charge in [0.25, 0.3) is 5.91 Å². The van der Waals surface area contributed by atoms with Crippen LogP contribution in [0.15, 0.2) is 23.0 Å². The summed E-state index contributed by atoms with van der Waals surface area (Å²) in [6.45, 7) is 0.511. The SMILES string of the molecule is Cl.NCC1(NC(=O)c2ccoc2)CCCC1. The summed E-state index contributed by atoms with van der Waals surface area (Å²) in [5, 5.41) is 3.02. The number of hydrogen-bond acceptors (Lipinski definition) is 3. The molecule has 1 saturated carbocycles. The first-order chi connectivity index (χ1) is 7.26. The monoisotopic (exact) mass is 244 g/mol. The van der Waals surface area contributed by atoms with E-state index in [1.54, 1.807) is 6.07 Å². The predicted molar refractivity (Wildman–Crippen MR) is 63.7 cm³/mol. The van der Waals surface area contributed by atoms with E-state index >= 15 is 0 Å². The largest absolute Gasteiger partial charge is 0.472 e. The van der Waals surface area contributed by atoms with Crippen LogP contribution in [0.1, 0.15) is 36.0 Å². The van der Waals surface area contributed by atoms with Gasteiger partial charge in [0.2, 0.25) is 0 Å². The van der Waals surface area contributed by atoms with Gasteiger partial charge >= 0.3 is 0 Å². The number of halogens is 1. The molecule has 0 saturated heterocycles. The molecule has 4 nitrogen and oxygen atoms in total. The molecule has 0 bridgehead atoms. The summed E-state index contributed by atoms with van der Waals surface area (Å²) in [7, 11) is 0. The molecule has 0 atom stereocenters. The summed E-state index contributed by atoms with van der Waals surface area (Å²) in [6.07, 6.45) is 7.19. The second-order valence-corrected chi connectivity index (χ2v) is 4.16. The van der Waals surface area contributed by atoms with E-state index in [2.05, 4.69) is 5.32 Å². The molecule has 16 heavy (non-hydrogen) atoms. The van der Waals surface area contributed by atoms with Crippen LogP contribution < -0.4 is 11.1 Å². The molecule has 1 heterocycles. The van der Waals surface area contributed by atoms with Gasteiger partial charge in [-0.05, 0) is 18.9 Å². The minimum atomic E-state index is -0.186. The van der Waals surface area contributed by atoms with Crippen molar-refractivity contribution in [3.63, 3.8) is 0 Å². The molecule has 0 spiro atoms. The predicted octanol–water partition coefficient (Wildman–Crippen LogP) is 1.70. The van der Waals surface area contributed by atoms with Crippen LogP contribution in [-0.4, -0.2) is 18.0 Å². The minimum absolute atomic E-state index is 0. The maximum Gasteiger partial charge on any atom is 0.255 e. The zero-order valence-electron chi connectivity index (χ0n) is 9.07. The van der Waals surface area contributed by atoms with Crippen LogP contribution in [0.4, 0.5) is 0 Å². The third kappa shape index (κ3) is 2.57. The van der Waals surface area contributed by atoms with E-state index < -0.39 is 0 Å². The van der Waals surface area contributed by atoms with Crippen molar-refractivity contribution in [3.8, 4) is 0 Å². The van der Waals surface area contributed by atoms with Crippen LogP contribution >= 0.6 is 12.4 Å². The molecular formula is C11H17ClN2O2. The van der Waals surface area contributed by atoms with Crippen molar-refractivity contribution in [2.75, 3.05) is 6.54 Å². The zero-order valence-corrected chi connectivity index (χ0v) is 9.89. The van der Waals surface area contributed by atoms with E-state index in [4.69, 9.17) is 10.2 Å². The Morgan fingerprint density at radius 1 is 1.50 bits per heavy atom. The fourth-order valence-corrected chi connectivity index (χ4v) is 2.14. The maximum absolute atomic E-state index is 11.8. The Bertz CT molecular complexity index is 332. The number of rotatable bonds is 3. The highest BCUT2D eigenvalue weighted by Crippen LogP contribution is 2.28. The molecule has 5 heteroatoms. The molecule has 1 aromatic rings. The fraction of sp³-hybridized carbons (Fsp3) is 0.545. The Morgan fingerprint density at radius 3 is 2.69 bits per heavy atom. The van der Waals surface area contributed by atoms with Crippen LogP contribution in [0.2, 0.25) is 0 Å². The van der Waals surface area contributed by atoms with Crippen molar-refractivity contribution in [1.29, 1.82) is 0 Å². The van der Waals surface area contributed by atoms with Crippen LogP contribution in [0.5, 0.6) is 0 Å². The normalized spacial score (nSPS) is 17.8. The molecule has 0 aromatic carbocycles. The second kappa shape index (κ2) is 5.37. The van der Waals surface area contributed by atoms with Gasteiger partial charge < -0.3 is 15.5 Å². The van der Waals surface area contributed by atoms with E-state index in [-0.39, 0.29) is 23.9 Å². The summed E-state index contributed by atoms with van der Waals surface area (Å²) in [4.78, 5) is 11.8. The van der Waals surface area contributed by atoms with Gasteiger partial charge in [0, 0.05) is 6.54 Å². The Kier molecular flexibility index (Phi) is 4.38. The van der Waals surface area contributed by atoms with Gasteiger partial charge in [-0.25, -0.2) is 0 Å². The van der Waals surface area contributed by atoms with E-state index in [1.165, 1.54) is 12.5 Å². The van der Waals surface area contributed by atoms with Gasteiger partial charge in [0.15, 0.2) is 0 Å². The Labute approximate surface area is 101 Å². The lowest BCUT2D eigenvalue weighted by molar-refractivity contribution is 0.0902. The number of hydrogen-bond donors (Lipinski definition) is 2. The summed E-state index contributed by atoms with van der Waals surface area (Å²) in [5.74, 6) is -0.0869. The topological polar surface area (TPSA) is 68.3 Å². The smallest absolute Gasteiger partial charge is 0.255 e. The van der Waals surface area contributed by atoms with E-state index in [0.29, 0.717) is 12.1 Å². The van der Waals surface area contributed by atoms with Crippen molar-refractivity contribution in [1.82, 2.24) is 5.32 Å². The van der Waals surface area contributed by atoms with Gasteiger partial charge in [-0.15, -0.1) is 12.4 Å². The quantitative estimate of drug-likeness (QED) is 0.851. The standard InChI is InChI=1S/C11H16N2O2.ClH/c12-8-11(4-1-2-5-11)13-10(14)9-3-6-15-7-9;/h3,6-7H,1-2,4-5,8,12H2,(H,13,14);1H. The molecule has 1 amide bonds. The molecule has 3 N–H and O–H groups in total. The van der Waals surface area contributed by atoms with Gasteiger partial charge in [-0.2, -0.15) is 0 Å². The molecule has 0 unspecified atom stereocenters. The first-order valence-electron chi connectivity index (χ1n) is 5.31. The summed E-state index contributed by atoms with van der Waals surface area (Å²) < 4.78 is 4.87. The number of nitrogens with two attached hydrogens (primary N) is 1. The number of carbonyl (C=O) groups is 1. The lowest BCUT2D eigenvalue weighted by Crippen LogP contribution is -2.51.